The molecule has 0 bridgehead atoms. The first-order chi connectivity index (χ1) is 18.0. The summed E-state index contributed by atoms with van der Waals surface area (Å²) in [7, 11) is -4.37. The first-order valence-corrected chi connectivity index (χ1v) is 17.6. The molecule has 0 aromatic rings. The first-order valence-electron chi connectivity index (χ1n) is 16.3. The van der Waals surface area contributed by atoms with Crippen molar-refractivity contribution in [3.05, 3.63) is 12.2 Å². The molecular weight excluding hydrogens is 480 g/mol. The summed E-state index contributed by atoms with van der Waals surface area (Å²) in [6.07, 6.45) is 38.3. The molecule has 0 amide bonds. The molecule has 0 saturated carbocycles. The molecule has 5 heteroatoms. The molecule has 1 atom stereocenters. The van der Waals surface area contributed by atoms with Crippen LogP contribution in [0.3, 0.4) is 0 Å². The smallest absolute Gasteiger partial charge is 0.264 e. The minimum atomic E-state index is -4.37. The summed E-state index contributed by atoms with van der Waals surface area (Å²) in [5.41, 5.74) is 0. The van der Waals surface area contributed by atoms with E-state index in [-0.39, 0.29) is 12.5 Å². The minimum Gasteiger partial charge on any atom is -0.264 e. The van der Waals surface area contributed by atoms with Crippen LogP contribution in [-0.2, 0) is 14.6 Å². The fourth-order valence-electron chi connectivity index (χ4n) is 5.05. The topological polar surface area (TPSA) is 63.6 Å². The van der Waals surface area contributed by atoms with Gasteiger partial charge in [0.2, 0.25) is 0 Å². The van der Waals surface area contributed by atoms with Crippen LogP contribution in [0.4, 0.5) is 0 Å². The van der Waals surface area contributed by atoms with E-state index in [2.05, 4.69) is 26.0 Å². The second-order valence-electron chi connectivity index (χ2n) is 11.3. The van der Waals surface area contributed by atoms with Crippen molar-refractivity contribution in [2.75, 3.05) is 6.61 Å². The molecule has 0 aromatic carbocycles. The maximum Gasteiger partial charge on any atom is 0.397 e. The number of rotatable bonds is 30. The summed E-state index contributed by atoms with van der Waals surface area (Å²) in [6, 6.07) is 0. The zero-order valence-corrected chi connectivity index (χ0v) is 25.7. The lowest BCUT2D eigenvalue weighted by molar-refractivity contribution is 0.234. The van der Waals surface area contributed by atoms with E-state index in [1.54, 1.807) is 0 Å². The molecule has 1 N–H and O–H groups in total. The first kappa shape index (κ1) is 36.6. The largest absolute Gasteiger partial charge is 0.397 e. The van der Waals surface area contributed by atoms with E-state index in [0.717, 1.165) is 19.3 Å². The summed E-state index contributed by atoms with van der Waals surface area (Å²) < 4.78 is 35.7. The van der Waals surface area contributed by atoms with E-state index in [1.165, 1.54) is 148 Å². The molecule has 0 radical (unpaired) electrons. The number of hydrogen-bond donors (Lipinski definition) is 1. The highest BCUT2D eigenvalue weighted by Crippen LogP contribution is 2.17. The Morgan fingerprint density at radius 1 is 0.568 bits per heavy atom. The van der Waals surface area contributed by atoms with Gasteiger partial charge in [-0.05, 0) is 19.3 Å². The summed E-state index contributed by atoms with van der Waals surface area (Å²) in [6.45, 7) is 4.58. The zero-order valence-electron chi connectivity index (χ0n) is 24.9. The van der Waals surface area contributed by atoms with Gasteiger partial charge < -0.3 is 0 Å². The van der Waals surface area contributed by atoms with Crippen LogP contribution in [0.15, 0.2) is 12.2 Å². The second kappa shape index (κ2) is 28.6. The van der Waals surface area contributed by atoms with Crippen LogP contribution < -0.4 is 0 Å². The number of unbranched alkanes of at least 4 members (excludes halogenated alkanes) is 23. The van der Waals surface area contributed by atoms with Crippen LogP contribution in [0.2, 0.25) is 0 Å². The van der Waals surface area contributed by atoms with Crippen molar-refractivity contribution in [1.29, 1.82) is 0 Å². The van der Waals surface area contributed by atoms with E-state index in [1.807, 2.05) is 0 Å². The molecule has 4 nitrogen and oxygen atoms in total. The summed E-state index contributed by atoms with van der Waals surface area (Å²) >= 11 is 0. The highest BCUT2D eigenvalue weighted by molar-refractivity contribution is 7.80. The minimum absolute atomic E-state index is 0.0473. The van der Waals surface area contributed by atoms with Crippen LogP contribution in [0, 0.1) is 5.92 Å². The standard InChI is InChI=1S/C32H64O4S/c1-3-5-7-9-11-13-15-16-17-18-20-22-24-26-28-30-32(31-36-37(33,34)35)29-27-25-23-21-19-14-12-10-8-6-4-2/h28,30,32H,3-27,29,31H2,1-2H3,(H,33,34,35)/b30-28+. The average Bonchev–Trinajstić information content (AvgIpc) is 2.87. The third-order valence-electron chi connectivity index (χ3n) is 7.49. The predicted octanol–water partition coefficient (Wildman–Crippen LogP) is 11.2. The van der Waals surface area contributed by atoms with Crippen molar-refractivity contribution in [2.24, 2.45) is 5.92 Å². The van der Waals surface area contributed by atoms with Gasteiger partial charge >= 0.3 is 10.4 Å². The molecule has 0 aromatic heterocycles. The Balaban J connectivity index is 3.79. The van der Waals surface area contributed by atoms with Gasteiger partial charge in [0.05, 0.1) is 6.61 Å². The van der Waals surface area contributed by atoms with Crippen molar-refractivity contribution in [3.8, 4) is 0 Å². The molecule has 37 heavy (non-hydrogen) atoms. The van der Waals surface area contributed by atoms with Crippen LogP contribution in [0.25, 0.3) is 0 Å². The van der Waals surface area contributed by atoms with Crippen molar-refractivity contribution in [2.45, 2.75) is 181 Å². The molecule has 222 valence electrons. The van der Waals surface area contributed by atoms with Gasteiger partial charge in [0.25, 0.3) is 0 Å². The zero-order chi connectivity index (χ0) is 27.3. The van der Waals surface area contributed by atoms with Crippen molar-refractivity contribution >= 4 is 10.4 Å². The molecule has 0 aliphatic heterocycles. The van der Waals surface area contributed by atoms with Gasteiger partial charge in [0, 0.05) is 5.92 Å². The lowest BCUT2D eigenvalue weighted by Crippen LogP contribution is -2.12. The Labute approximate surface area is 232 Å². The maximum absolute atomic E-state index is 11.0. The number of hydrogen-bond acceptors (Lipinski definition) is 3. The molecule has 1 unspecified atom stereocenters. The molecule has 0 heterocycles. The quantitative estimate of drug-likeness (QED) is 0.0555. The van der Waals surface area contributed by atoms with Gasteiger partial charge in [0.1, 0.15) is 0 Å². The normalized spacial score (nSPS) is 13.1. The second-order valence-corrected chi connectivity index (χ2v) is 12.3. The highest BCUT2D eigenvalue weighted by atomic mass is 32.3. The Bertz CT molecular complexity index is 573. The van der Waals surface area contributed by atoms with Crippen LogP contribution in [0.5, 0.6) is 0 Å². The van der Waals surface area contributed by atoms with Gasteiger partial charge in [-0.2, -0.15) is 8.42 Å². The molecule has 0 spiro atoms. The van der Waals surface area contributed by atoms with Gasteiger partial charge in [-0.15, -0.1) is 0 Å². The fourth-order valence-corrected chi connectivity index (χ4v) is 5.39. The Morgan fingerprint density at radius 3 is 1.30 bits per heavy atom. The molecule has 0 aliphatic carbocycles. The van der Waals surface area contributed by atoms with E-state index in [4.69, 9.17) is 8.74 Å². The third-order valence-corrected chi connectivity index (χ3v) is 7.93. The SMILES string of the molecule is CCCCCCCCCCCCCCC/C=C/C(CCCCCCCCCCCCC)COS(=O)(=O)O. The van der Waals surface area contributed by atoms with E-state index >= 15 is 0 Å². The Hall–Kier alpha value is -0.390. The third kappa shape index (κ3) is 31.7. The molecular formula is C32H64O4S. The highest BCUT2D eigenvalue weighted by Gasteiger charge is 2.11. The summed E-state index contributed by atoms with van der Waals surface area (Å²) in [5.74, 6) is 0.0578. The molecule has 0 aliphatic rings. The van der Waals surface area contributed by atoms with Crippen LogP contribution in [0.1, 0.15) is 181 Å². The van der Waals surface area contributed by atoms with E-state index < -0.39 is 10.4 Å². The number of allylic oxidation sites excluding steroid dienone is 1. The molecule has 0 saturated heterocycles. The summed E-state index contributed by atoms with van der Waals surface area (Å²) in [5, 5.41) is 0. The Morgan fingerprint density at radius 2 is 0.919 bits per heavy atom. The predicted molar refractivity (Wildman–Crippen MR) is 162 cm³/mol. The van der Waals surface area contributed by atoms with Crippen LogP contribution >= 0.6 is 0 Å². The van der Waals surface area contributed by atoms with E-state index in [9.17, 15) is 8.42 Å². The lowest BCUT2D eigenvalue weighted by atomic mass is 9.99. The van der Waals surface area contributed by atoms with Gasteiger partial charge in [-0.1, -0.05) is 174 Å². The molecule has 0 fully saturated rings. The Kier molecular flexibility index (Phi) is 28.3. The van der Waals surface area contributed by atoms with Gasteiger partial charge in [-0.25, -0.2) is 4.18 Å². The van der Waals surface area contributed by atoms with Crippen molar-refractivity contribution in [1.82, 2.24) is 0 Å². The van der Waals surface area contributed by atoms with Crippen molar-refractivity contribution in [3.63, 3.8) is 0 Å². The van der Waals surface area contributed by atoms with Gasteiger partial charge in [0.15, 0.2) is 0 Å². The van der Waals surface area contributed by atoms with Crippen LogP contribution in [-0.4, -0.2) is 19.6 Å². The fraction of sp³-hybridized carbons (Fsp3) is 0.938. The lowest BCUT2D eigenvalue weighted by Gasteiger charge is -2.12. The monoisotopic (exact) mass is 544 g/mol. The molecule has 0 rings (SSSR count). The average molecular weight is 545 g/mol. The summed E-state index contributed by atoms with van der Waals surface area (Å²) in [4.78, 5) is 0. The van der Waals surface area contributed by atoms with Crippen molar-refractivity contribution < 1.29 is 17.2 Å². The van der Waals surface area contributed by atoms with E-state index in [0.29, 0.717) is 0 Å². The maximum atomic E-state index is 11.0. The van der Waals surface area contributed by atoms with Gasteiger partial charge in [-0.3, -0.25) is 4.55 Å².